The molecule has 0 aromatic heterocycles. The van der Waals surface area contributed by atoms with Gasteiger partial charge in [0.05, 0.1) is 16.7 Å². The van der Waals surface area contributed by atoms with E-state index in [1.54, 1.807) is 12.1 Å². The zero-order valence-corrected chi connectivity index (χ0v) is 11.0. The first-order valence-electron chi connectivity index (χ1n) is 5.37. The summed E-state index contributed by atoms with van der Waals surface area (Å²) in [6.45, 7) is 2.56. The predicted octanol–water partition coefficient (Wildman–Crippen LogP) is 3.80. The van der Waals surface area contributed by atoms with E-state index in [1.807, 2.05) is 6.92 Å². The number of carbonyl (C=O) groups is 1. The summed E-state index contributed by atoms with van der Waals surface area (Å²) in [6, 6.07) is 3.30. The van der Waals surface area contributed by atoms with Crippen LogP contribution >= 0.6 is 23.2 Å². The third-order valence-electron chi connectivity index (χ3n) is 2.17. The summed E-state index contributed by atoms with van der Waals surface area (Å²) in [7, 11) is 0. The summed E-state index contributed by atoms with van der Waals surface area (Å²) in [4.78, 5) is 10.5. The Hall–Kier alpha value is -0.930. The van der Waals surface area contributed by atoms with Gasteiger partial charge in [-0.05, 0) is 24.5 Å². The first kappa shape index (κ1) is 14.1. The molecule has 0 fully saturated rings. The molecular weight excluding hydrogens is 263 g/mol. The number of carboxylic acids is 1. The molecule has 1 rings (SSSR count). The number of aryl methyl sites for hydroxylation is 1. The van der Waals surface area contributed by atoms with Crippen molar-refractivity contribution in [2.24, 2.45) is 0 Å². The molecule has 1 N–H and O–H groups in total. The van der Waals surface area contributed by atoms with Crippen molar-refractivity contribution in [3.8, 4) is 5.75 Å². The van der Waals surface area contributed by atoms with Crippen LogP contribution < -0.4 is 4.74 Å². The molecule has 0 unspecified atom stereocenters. The largest absolute Gasteiger partial charge is 0.493 e. The van der Waals surface area contributed by atoms with Crippen LogP contribution in [-0.2, 0) is 11.2 Å². The molecule has 0 aliphatic heterocycles. The topological polar surface area (TPSA) is 46.5 Å². The average Bonchev–Trinajstić information content (AvgIpc) is 2.28. The third-order valence-corrected chi connectivity index (χ3v) is 2.90. The van der Waals surface area contributed by atoms with Crippen LogP contribution in [-0.4, -0.2) is 17.7 Å². The highest BCUT2D eigenvalue weighted by molar-refractivity contribution is 6.42. The van der Waals surface area contributed by atoms with Gasteiger partial charge in [-0.2, -0.15) is 0 Å². The zero-order valence-electron chi connectivity index (χ0n) is 9.50. The first-order valence-corrected chi connectivity index (χ1v) is 6.12. The van der Waals surface area contributed by atoms with Crippen LogP contribution in [0.1, 0.15) is 25.3 Å². The molecule has 0 radical (unpaired) electrons. The van der Waals surface area contributed by atoms with Gasteiger partial charge in [0.25, 0.3) is 0 Å². The smallest absolute Gasteiger partial charge is 0.303 e. The van der Waals surface area contributed by atoms with Crippen molar-refractivity contribution in [2.75, 3.05) is 6.61 Å². The predicted molar refractivity (Wildman–Crippen MR) is 68.2 cm³/mol. The van der Waals surface area contributed by atoms with Crippen LogP contribution in [0.3, 0.4) is 0 Å². The third kappa shape index (κ3) is 4.44. The fourth-order valence-corrected chi connectivity index (χ4v) is 1.69. The van der Waals surface area contributed by atoms with Gasteiger partial charge in [-0.15, -0.1) is 0 Å². The van der Waals surface area contributed by atoms with Gasteiger partial charge in [0.15, 0.2) is 0 Å². The van der Waals surface area contributed by atoms with E-state index in [1.165, 1.54) is 0 Å². The molecule has 0 spiro atoms. The minimum Gasteiger partial charge on any atom is -0.493 e. The van der Waals surface area contributed by atoms with Gasteiger partial charge in [-0.25, -0.2) is 0 Å². The van der Waals surface area contributed by atoms with Crippen molar-refractivity contribution < 1.29 is 14.6 Å². The average molecular weight is 277 g/mol. The van der Waals surface area contributed by atoms with E-state index < -0.39 is 5.97 Å². The SMILES string of the molecule is CCCOc1cc(Cl)c(Cl)cc1CCC(=O)O. The number of benzene rings is 1. The summed E-state index contributed by atoms with van der Waals surface area (Å²) < 4.78 is 5.52. The van der Waals surface area contributed by atoms with Gasteiger partial charge in [0, 0.05) is 12.5 Å². The maximum atomic E-state index is 10.5. The summed E-state index contributed by atoms with van der Waals surface area (Å²) in [5.74, 6) is -0.236. The Morgan fingerprint density at radius 2 is 2.00 bits per heavy atom. The molecule has 0 amide bonds. The van der Waals surface area contributed by atoms with Crippen LogP contribution in [0, 0.1) is 0 Å². The quantitative estimate of drug-likeness (QED) is 0.860. The zero-order chi connectivity index (χ0) is 12.8. The fraction of sp³-hybridized carbons (Fsp3) is 0.417. The molecule has 0 aliphatic rings. The molecule has 0 bridgehead atoms. The maximum absolute atomic E-state index is 10.5. The monoisotopic (exact) mass is 276 g/mol. The Bertz CT molecular complexity index is 405. The Balaban J connectivity index is 2.90. The molecule has 94 valence electrons. The fourth-order valence-electron chi connectivity index (χ4n) is 1.35. The highest BCUT2D eigenvalue weighted by Gasteiger charge is 2.10. The van der Waals surface area contributed by atoms with E-state index >= 15 is 0 Å². The van der Waals surface area contributed by atoms with Crippen molar-refractivity contribution in [1.29, 1.82) is 0 Å². The van der Waals surface area contributed by atoms with Gasteiger partial charge in [-0.3, -0.25) is 4.79 Å². The highest BCUT2D eigenvalue weighted by Crippen LogP contribution is 2.31. The summed E-state index contributed by atoms with van der Waals surface area (Å²) in [5, 5.41) is 9.49. The number of ether oxygens (including phenoxy) is 1. The van der Waals surface area contributed by atoms with E-state index in [0.29, 0.717) is 28.8 Å². The number of hydrogen-bond donors (Lipinski definition) is 1. The lowest BCUT2D eigenvalue weighted by molar-refractivity contribution is -0.136. The molecule has 0 saturated heterocycles. The molecule has 0 atom stereocenters. The molecule has 1 aromatic rings. The summed E-state index contributed by atoms with van der Waals surface area (Å²) in [6.07, 6.45) is 1.30. The highest BCUT2D eigenvalue weighted by atomic mass is 35.5. The molecule has 0 saturated carbocycles. The standard InChI is InChI=1S/C12H14Cl2O3/c1-2-5-17-11-7-10(14)9(13)6-8(11)3-4-12(15)16/h6-7H,2-5H2,1H3,(H,15,16). The molecule has 3 nitrogen and oxygen atoms in total. The van der Waals surface area contributed by atoms with Crippen molar-refractivity contribution in [3.05, 3.63) is 27.7 Å². The van der Waals surface area contributed by atoms with Gasteiger partial charge >= 0.3 is 5.97 Å². The normalized spacial score (nSPS) is 10.3. The maximum Gasteiger partial charge on any atom is 0.303 e. The number of aliphatic carboxylic acids is 1. The Kier molecular flexibility index (Phi) is 5.59. The van der Waals surface area contributed by atoms with E-state index in [0.717, 1.165) is 12.0 Å². The van der Waals surface area contributed by atoms with E-state index in [2.05, 4.69) is 0 Å². The first-order chi connectivity index (χ1) is 8.04. The number of rotatable bonds is 6. The molecule has 5 heteroatoms. The van der Waals surface area contributed by atoms with Crippen LogP contribution in [0.25, 0.3) is 0 Å². The van der Waals surface area contributed by atoms with Crippen molar-refractivity contribution in [1.82, 2.24) is 0 Å². The van der Waals surface area contributed by atoms with Gasteiger partial charge in [0.2, 0.25) is 0 Å². The number of hydrogen-bond acceptors (Lipinski definition) is 2. The minimum atomic E-state index is -0.850. The number of halogens is 2. The van der Waals surface area contributed by atoms with E-state index in [4.69, 9.17) is 33.0 Å². The summed E-state index contributed by atoms with van der Waals surface area (Å²) in [5.41, 5.74) is 0.773. The summed E-state index contributed by atoms with van der Waals surface area (Å²) >= 11 is 11.8. The second kappa shape index (κ2) is 6.72. The molecule has 0 heterocycles. The minimum absolute atomic E-state index is 0.0421. The molecule has 1 aromatic carbocycles. The molecule has 0 aliphatic carbocycles. The van der Waals surface area contributed by atoms with Gasteiger partial charge in [0.1, 0.15) is 5.75 Å². The van der Waals surface area contributed by atoms with Crippen molar-refractivity contribution in [3.63, 3.8) is 0 Å². The van der Waals surface area contributed by atoms with Crippen molar-refractivity contribution in [2.45, 2.75) is 26.2 Å². The molecule has 17 heavy (non-hydrogen) atoms. The lowest BCUT2D eigenvalue weighted by atomic mass is 10.1. The molecular formula is C12H14Cl2O3. The van der Waals surface area contributed by atoms with Crippen LogP contribution in [0.4, 0.5) is 0 Å². The van der Waals surface area contributed by atoms with Gasteiger partial charge in [-0.1, -0.05) is 30.1 Å². The van der Waals surface area contributed by atoms with Crippen molar-refractivity contribution >= 4 is 29.2 Å². The lowest BCUT2D eigenvalue weighted by Crippen LogP contribution is -2.02. The van der Waals surface area contributed by atoms with Crippen LogP contribution in [0.5, 0.6) is 5.75 Å². The van der Waals surface area contributed by atoms with Gasteiger partial charge < -0.3 is 9.84 Å². The second-order valence-electron chi connectivity index (χ2n) is 3.62. The van der Waals surface area contributed by atoms with E-state index in [-0.39, 0.29) is 6.42 Å². The van der Waals surface area contributed by atoms with Crippen LogP contribution in [0.15, 0.2) is 12.1 Å². The van der Waals surface area contributed by atoms with Crippen LogP contribution in [0.2, 0.25) is 10.0 Å². The lowest BCUT2D eigenvalue weighted by Gasteiger charge is -2.11. The Morgan fingerprint density at radius 1 is 1.35 bits per heavy atom. The Morgan fingerprint density at radius 3 is 2.59 bits per heavy atom. The Labute approximate surface area is 110 Å². The van der Waals surface area contributed by atoms with E-state index in [9.17, 15) is 4.79 Å². The second-order valence-corrected chi connectivity index (χ2v) is 4.43. The number of carboxylic acid groups (broad SMARTS) is 1.